The van der Waals surface area contributed by atoms with E-state index >= 15 is 0 Å². The van der Waals surface area contributed by atoms with E-state index in [1.54, 1.807) is 0 Å². The lowest BCUT2D eigenvalue weighted by atomic mass is 9.96. The molecule has 0 radical (unpaired) electrons. The molecule has 0 saturated carbocycles. The lowest BCUT2D eigenvalue weighted by Crippen LogP contribution is -1.90. The van der Waals surface area contributed by atoms with Crippen molar-refractivity contribution in [1.29, 1.82) is 0 Å². The van der Waals surface area contributed by atoms with Crippen LogP contribution in [-0.2, 0) is 0 Å². The van der Waals surface area contributed by atoms with Gasteiger partial charge < -0.3 is 5.73 Å². The monoisotopic (exact) mass is 265 g/mol. The zero-order chi connectivity index (χ0) is 14.2. The zero-order valence-electron chi connectivity index (χ0n) is 12.2. The van der Waals surface area contributed by atoms with Crippen LogP contribution in [0.1, 0.15) is 43.7 Å². The first-order valence-corrected chi connectivity index (χ1v) is 7.42. The Morgan fingerprint density at radius 3 is 2.20 bits per heavy atom. The van der Waals surface area contributed by atoms with E-state index < -0.39 is 0 Å². The van der Waals surface area contributed by atoms with Gasteiger partial charge >= 0.3 is 0 Å². The predicted molar refractivity (Wildman–Crippen MR) is 88.5 cm³/mol. The molecule has 104 valence electrons. The molecule has 1 heteroatoms. The van der Waals surface area contributed by atoms with E-state index in [0.29, 0.717) is 0 Å². The van der Waals surface area contributed by atoms with Gasteiger partial charge in [-0.05, 0) is 41.7 Å². The van der Waals surface area contributed by atoms with Crippen LogP contribution in [0.5, 0.6) is 0 Å². The van der Waals surface area contributed by atoms with Crippen LogP contribution >= 0.6 is 0 Å². The Bertz CT molecular complexity index is 538. The normalized spacial score (nSPS) is 11.6. The Balaban J connectivity index is 2.27. The summed E-state index contributed by atoms with van der Waals surface area (Å²) in [5.41, 5.74) is 10.4. The Hall–Kier alpha value is -2.02. The topological polar surface area (TPSA) is 26.0 Å². The molecule has 0 amide bonds. The van der Waals surface area contributed by atoms with Crippen molar-refractivity contribution in [1.82, 2.24) is 0 Å². The van der Waals surface area contributed by atoms with Crippen LogP contribution in [0.2, 0.25) is 0 Å². The largest absolute Gasteiger partial charge is 0.399 e. The van der Waals surface area contributed by atoms with Gasteiger partial charge in [0.2, 0.25) is 0 Å². The highest BCUT2D eigenvalue weighted by Gasteiger charge is 2.04. The Morgan fingerprint density at radius 2 is 1.55 bits per heavy atom. The molecule has 0 saturated heterocycles. The fraction of sp³-hybridized carbons (Fsp3) is 0.263. The lowest BCUT2D eigenvalue weighted by molar-refractivity contribution is 0.730. The molecule has 0 fully saturated rings. The fourth-order valence-electron chi connectivity index (χ4n) is 2.32. The smallest absolute Gasteiger partial charge is 0.0314 e. The molecule has 0 spiro atoms. The van der Waals surface area contributed by atoms with E-state index in [4.69, 9.17) is 5.73 Å². The maximum Gasteiger partial charge on any atom is 0.0314 e. The molecule has 0 aliphatic heterocycles. The average Bonchev–Trinajstić information content (AvgIpc) is 2.50. The quantitative estimate of drug-likeness (QED) is 0.558. The van der Waals surface area contributed by atoms with Crippen molar-refractivity contribution in [2.24, 2.45) is 0 Å². The van der Waals surface area contributed by atoms with Crippen LogP contribution in [0.4, 0.5) is 5.69 Å². The Morgan fingerprint density at radius 1 is 0.900 bits per heavy atom. The molecule has 2 aromatic rings. The third-order valence-electron chi connectivity index (χ3n) is 3.46. The summed E-state index contributed by atoms with van der Waals surface area (Å²) in [7, 11) is 0. The molecule has 2 rings (SSSR count). The molecular formula is C19H23N. The first-order valence-electron chi connectivity index (χ1n) is 7.42. The van der Waals surface area contributed by atoms with Crippen LogP contribution in [0, 0.1) is 0 Å². The van der Waals surface area contributed by atoms with E-state index in [0.717, 1.165) is 12.1 Å². The highest BCUT2D eigenvalue weighted by atomic mass is 14.5. The summed E-state index contributed by atoms with van der Waals surface area (Å²) in [6.45, 7) is 2.24. The molecule has 1 nitrogen and oxygen atoms in total. The number of unbranched alkanes of at least 4 members (excludes halogenated alkanes) is 3. The fourth-order valence-corrected chi connectivity index (χ4v) is 2.32. The van der Waals surface area contributed by atoms with Crippen molar-refractivity contribution < 1.29 is 0 Å². The van der Waals surface area contributed by atoms with Crippen molar-refractivity contribution in [3.05, 3.63) is 71.8 Å². The van der Waals surface area contributed by atoms with Crippen LogP contribution < -0.4 is 5.73 Å². The molecular weight excluding hydrogens is 242 g/mol. The van der Waals surface area contributed by atoms with E-state index in [1.165, 1.54) is 36.0 Å². The highest BCUT2D eigenvalue weighted by molar-refractivity contribution is 5.80. The molecule has 0 unspecified atom stereocenters. The van der Waals surface area contributed by atoms with Gasteiger partial charge in [-0.3, -0.25) is 0 Å². The Labute approximate surface area is 122 Å². The minimum atomic E-state index is 0.812. The van der Waals surface area contributed by atoms with Crippen LogP contribution in [0.15, 0.2) is 60.7 Å². The molecule has 0 aliphatic carbocycles. The number of nitrogen functional groups attached to an aromatic ring is 1. The maximum atomic E-state index is 5.79. The van der Waals surface area contributed by atoms with Gasteiger partial charge in [0, 0.05) is 5.69 Å². The SMILES string of the molecule is CCCCC/C=C(/c1ccccc1)c1ccc(N)cc1. The number of benzene rings is 2. The number of nitrogens with two attached hydrogens (primary N) is 1. The van der Waals surface area contributed by atoms with E-state index in [9.17, 15) is 0 Å². The highest BCUT2D eigenvalue weighted by Crippen LogP contribution is 2.25. The summed E-state index contributed by atoms with van der Waals surface area (Å²) in [5.74, 6) is 0. The number of allylic oxidation sites excluding steroid dienone is 1. The second-order valence-corrected chi connectivity index (χ2v) is 5.10. The Kier molecular flexibility index (Phi) is 5.43. The number of hydrogen-bond donors (Lipinski definition) is 1. The van der Waals surface area contributed by atoms with Gasteiger partial charge in [-0.2, -0.15) is 0 Å². The van der Waals surface area contributed by atoms with Crippen LogP contribution in [0.25, 0.3) is 5.57 Å². The second-order valence-electron chi connectivity index (χ2n) is 5.10. The predicted octanol–water partition coefficient (Wildman–Crippen LogP) is 5.28. The molecule has 0 atom stereocenters. The zero-order valence-corrected chi connectivity index (χ0v) is 12.2. The van der Waals surface area contributed by atoms with Gasteiger partial charge in [0.15, 0.2) is 0 Å². The van der Waals surface area contributed by atoms with Gasteiger partial charge in [0.25, 0.3) is 0 Å². The minimum absolute atomic E-state index is 0.812. The van der Waals surface area contributed by atoms with Gasteiger partial charge in [-0.15, -0.1) is 0 Å². The van der Waals surface area contributed by atoms with Crippen molar-refractivity contribution in [2.75, 3.05) is 5.73 Å². The standard InChI is InChI=1S/C19H23N/c1-2-3-4-8-11-19(16-9-6-5-7-10-16)17-12-14-18(20)15-13-17/h5-7,9-15H,2-4,8,20H2,1H3/b19-11-. The number of hydrogen-bond acceptors (Lipinski definition) is 1. The molecule has 2 N–H and O–H groups in total. The molecule has 0 heterocycles. The van der Waals surface area contributed by atoms with Crippen molar-refractivity contribution in [3.63, 3.8) is 0 Å². The first kappa shape index (κ1) is 14.4. The van der Waals surface area contributed by atoms with Gasteiger partial charge in [0.05, 0.1) is 0 Å². The summed E-state index contributed by atoms with van der Waals surface area (Å²) < 4.78 is 0. The minimum Gasteiger partial charge on any atom is -0.399 e. The summed E-state index contributed by atoms with van der Waals surface area (Å²) >= 11 is 0. The molecule has 0 aliphatic rings. The summed E-state index contributed by atoms with van der Waals surface area (Å²) in [4.78, 5) is 0. The van der Waals surface area contributed by atoms with E-state index in [1.807, 2.05) is 12.1 Å². The van der Waals surface area contributed by atoms with Gasteiger partial charge in [-0.1, -0.05) is 68.3 Å². The third kappa shape index (κ3) is 3.99. The maximum absolute atomic E-state index is 5.79. The molecule has 2 aromatic carbocycles. The average molecular weight is 265 g/mol. The van der Waals surface area contributed by atoms with Crippen LogP contribution in [-0.4, -0.2) is 0 Å². The summed E-state index contributed by atoms with van der Waals surface area (Å²) in [6, 6.07) is 18.7. The number of rotatable bonds is 6. The first-order chi connectivity index (χ1) is 9.81. The van der Waals surface area contributed by atoms with E-state index in [-0.39, 0.29) is 0 Å². The van der Waals surface area contributed by atoms with Gasteiger partial charge in [0.1, 0.15) is 0 Å². The van der Waals surface area contributed by atoms with Crippen LogP contribution in [0.3, 0.4) is 0 Å². The molecule has 20 heavy (non-hydrogen) atoms. The third-order valence-corrected chi connectivity index (χ3v) is 3.46. The van der Waals surface area contributed by atoms with Crippen molar-refractivity contribution >= 4 is 11.3 Å². The van der Waals surface area contributed by atoms with Crippen molar-refractivity contribution in [2.45, 2.75) is 32.6 Å². The molecule has 0 bridgehead atoms. The lowest BCUT2D eigenvalue weighted by Gasteiger charge is -2.09. The number of anilines is 1. The summed E-state index contributed by atoms with van der Waals surface area (Å²) in [5, 5.41) is 0. The van der Waals surface area contributed by atoms with Gasteiger partial charge in [-0.25, -0.2) is 0 Å². The molecule has 0 aromatic heterocycles. The second kappa shape index (κ2) is 7.54. The summed E-state index contributed by atoms with van der Waals surface area (Å²) in [6.07, 6.45) is 7.29. The van der Waals surface area contributed by atoms with E-state index in [2.05, 4.69) is 55.5 Å². The van der Waals surface area contributed by atoms with Crippen molar-refractivity contribution in [3.8, 4) is 0 Å².